The average molecular weight is 424 g/mol. The Kier molecular flexibility index (Phi) is 6.95. The second-order valence-electron chi connectivity index (χ2n) is 10.6. The Morgan fingerprint density at radius 3 is 2.39 bits per heavy atom. The molecule has 3 heterocycles. The number of hydrogen-bond donors (Lipinski definition) is 0. The zero-order valence-corrected chi connectivity index (χ0v) is 19.3. The molecule has 1 saturated carbocycles. The van der Waals surface area contributed by atoms with E-state index in [0.29, 0.717) is 17.9 Å². The molecule has 5 rings (SSSR count). The highest BCUT2D eigenvalue weighted by molar-refractivity contribution is 5.79. The largest absolute Gasteiger partial charge is 0.339 e. The normalized spacial score (nSPS) is 28.8. The summed E-state index contributed by atoms with van der Waals surface area (Å²) >= 11 is 0. The van der Waals surface area contributed by atoms with E-state index in [2.05, 4.69) is 45.0 Å². The summed E-state index contributed by atoms with van der Waals surface area (Å²) in [5, 5.41) is 0. The van der Waals surface area contributed by atoms with E-state index < -0.39 is 0 Å². The predicted octanol–water partition coefficient (Wildman–Crippen LogP) is 4.20. The van der Waals surface area contributed by atoms with Crippen molar-refractivity contribution < 1.29 is 4.79 Å². The molecule has 4 heteroatoms. The summed E-state index contributed by atoms with van der Waals surface area (Å²) in [6.45, 7) is 7.06. The highest BCUT2D eigenvalue weighted by Gasteiger charge is 2.41. The summed E-state index contributed by atoms with van der Waals surface area (Å²) in [6.07, 6.45) is 12.5. The van der Waals surface area contributed by atoms with Crippen molar-refractivity contribution in [1.29, 1.82) is 0 Å². The quantitative estimate of drug-likeness (QED) is 0.686. The number of fused-ring (bicyclic) bond motifs is 2. The number of carbonyl (C=O) groups is 1. The van der Waals surface area contributed by atoms with Crippen molar-refractivity contribution in [3.8, 4) is 0 Å². The molecule has 1 aliphatic carbocycles. The van der Waals surface area contributed by atoms with Crippen LogP contribution in [-0.2, 0) is 11.2 Å². The second kappa shape index (κ2) is 10.0. The Labute approximate surface area is 189 Å². The van der Waals surface area contributed by atoms with Gasteiger partial charge in [0.25, 0.3) is 0 Å². The van der Waals surface area contributed by atoms with Gasteiger partial charge in [-0.2, -0.15) is 0 Å². The first kappa shape index (κ1) is 21.5. The van der Waals surface area contributed by atoms with Gasteiger partial charge in [-0.1, -0.05) is 36.8 Å². The summed E-state index contributed by atoms with van der Waals surface area (Å²) in [4.78, 5) is 20.9. The van der Waals surface area contributed by atoms with Crippen LogP contribution < -0.4 is 0 Å². The van der Waals surface area contributed by atoms with E-state index >= 15 is 0 Å². The fourth-order valence-corrected chi connectivity index (χ4v) is 6.81. The molecule has 0 unspecified atom stereocenters. The number of nitrogens with zero attached hydrogens (tertiary/aromatic N) is 3. The van der Waals surface area contributed by atoms with Crippen LogP contribution in [0.5, 0.6) is 0 Å². The van der Waals surface area contributed by atoms with E-state index in [-0.39, 0.29) is 0 Å². The van der Waals surface area contributed by atoms with E-state index in [9.17, 15) is 4.79 Å². The van der Waals surface area contributed by atoms with Crippen LogP contribution in [0.2, 0.25) is 0 Å². The fraction of sp³-hybridized carbons (Fsp3) is 0.741. The van der Waals surface area contributed by atoms with E-state index in [4.69, 9.17) is 0 Å². The lowest BCUT2D eigenvalue weighted by Gasteiger charge is -2.42. The van der Waals surface area contributed by atoms with Crippen LogP contribution in [0, 0.1) is 11.8 Å². The van der Waals surface area contributed by atoms with E-state index in [0.717, 1.165) is 44.4 Å². The molecule has 31 heavy (non-hydrogen) atoms. The van der Waals surface area contributed by atoms with Gasteiger partial charge in [0.15, 0.2) is 0 Å². The summed E-state index contributed by atoms with van der Waals surface area (Å²) in [6, 6.07) is 12.2. The lowest BCUT2D eigenvalue weighted by molar-refractivity contribution is -0.138. The van der Waals surface area contributed by atoms with Gasteiger partial charge in [0.1, 0.15) is 0 Å². The molecule has 0 radical (unpaired) electrons. The number of carbonyl (C=O) groups excluding carboxylic acids is 1. The molecule has 3 aliphatic heterocycles. The summed E-state index contributed by atoms with van der Waals surface area (Å²) in [7, 11) is 0. The van der Waals surface area contributed by atoms with Crippen LogP contribution in [0.1, 0.15) is 63.4 Å². The fourth-order valence-electron chi connectivity index (χ4n) is 6.81. The van der Waals surface area contributed by atoms with Crippen LogP contribution in [-0.4, -0.2) is 72.0 Å². The molecule has 1 aromatic carbocycles. The lowest BCUT2D eigenvalue weighted by Crippen LogP contribution is -2.50. The maximum Gasteiger partial charge on any atom is 0.226 e. The van der Waals surface area contributed by atoms with Gasteiger partial charge in [-0.15, -0.1) is 0 Å². The third-order valence-corrected chi connectivity index (χ3v) is 8.67. The van der Waals surface area contributed by atoms with Crippen LogP contribution >= 0.6 is 0 Å². The second-order valence-corrected chi connectivity index (χ2v) is 10.6. The van der Waals surface area contributed by atoms with E-state index in [1.165, 1.54) is 76.6 Å². The third-order valence-electron chi connectivity index (χ3n) is 8.67. The molecular weight excluding hydrogens is 382 g/mol. The molecule has 0 spiro atoms. The van der Waals surface area contributed by atoms with Gasteiger partial charge in [-0.05, 0) is 102 Å². The van der Waals surface area contributed by atoms with Gasteiger partial charge in [0.2, 0.25) is 5.91 Å². The maximum atomic E-state index is 13.2. The van der Waals surface area contributed by atoms with Crippen molar-refractivity contribution in [3.63, 3.8) is 0 Å². The molecule has 2 bridgehead atoms. The zero-order valence-electron chi connectivity index (χ0n) is 19.3. The number of likely N-dealkylation sites (tertiary alicyclic amines) is 3. The van der Waals surface area contributed by atoms with E-state index in [1.807, 2.05) is 0 Å². The monoisotopic (exact) mass is 423 g/mol. The van der Waals surface area contributed by atoms with Crippen molar-refractivity contribution in [2.24, 2.45) is 11.8 Å². The molecule has 0 N–H and O–H groups in total. The standard InChI is InChI=1S/C27H41N3O/c31-27(30-21-23-8-4-10-26(30)20-23)24-11-18-29(19-12-24)25-13-16-28(17-14-25)15-5-9-22-6-2-1-3-7-22/h1-3,6-7,23-26H,4-5,8-21H2/t23-,26+/m1/s1. The van der Waals surface area contributed by atoms with E-state index in [1.54, 1.807) is 0 Å². The highest BCUT2D eigenvalue weighted by Crippen LogP contribution is 2.37. The summed E-state index contributed by atoms with van der Waals surface area (Å²) < 4.78 is 0. The highest BCUT2D eigenvalue weighted by atomic mass is 16.2. The Morgan fingerprint density at radius 2 is 1.65 bits per heavy atom. The Morgan fingerprint density at radius 1 is 0.871 bits per heavy atom. The summed E-state index contributed by atoms with van der Waals surface area (Å²) in [5.41, 5.74) is 1.46. The summed E-state index contributed by atoms with van der Waals surface area (Å²) in [5.74, 6) is 1.61. The van der Waals surface area contributed by atoms with Gasteiger partial charge < -0.3 is 14.7 Å². The zero-order chi connectivity index (χ0) is 21.0. The third kappa shape index (κ3) is 5.17. The Bertz CT molecular complexity index is 706. The first-order chi connectivity index (χ1) is 15.3. The van der Waals surface area contributed by atoms with Crippen LogP contribution in [0.15, 0.2) is 30.3 Å². The van der Waals surface area contributed by atoms with Crippen molar-refractivity contribution in [1.82, 2.24) is 14.7 Å². The first-order valence-electron chi connectivity index (χ1n) is 13.1. The topological polar surface area (TPSA) is 26.8 Å². The number of hydrogen-bond acceptors (Lipinski definition) is 3. The van der Waals surface area contributed by atoms with Crippen molar-refractivity contribution >= 4 is 5.91 Å². The van der Waals surface area contributed by atoms with Crippen LogP contribution in [0.3, 0.4) is 0 Å². The molecular formula is C27H41N3O. The van der Waals surface area contributed by atoms with Gasteiger partial charge in [-0.3, -0.25) is 4.79 Å². The van der Waals surface area contributed by atoms with Crippen molar-refractivity contribution in [3.05, 3.63) is 35.9 Å². The first-order valence-corrected chi connectivity index (χ1v) is 13.1. The molecule has 0 aromatic heterocycles. The Balaban J connectivity index is 1.01. The molecule has 4 aliphatic rings. The van der Waals surface area contributed by atoms with Gasteiger partial charge >= 0.3 is 0 Å². The van der Waals surface area contributed by atoms with Gasteiger partial charge in [0.05, 0.1) is 0 Å². The maximum absolute atomic E-state index is 13.2. The number of benzene rings is 1. The van der Waals surface area contributed by atoms with Gasteiger partial charge in [-0.25, -0.2) is 0 Å². The Hall–Kier alpha value is -1.39. The molecule has 3 saturated heterocycles. The number of piperidine rings is 2. The minimum absolute atomic E-state index is 0.300. The molecule has 4 fully saturated rings. The minimum atomic E-state index is 0.300. The molecule has 1 aromatic rings. The van der Waals surface area contributed by atoms with Crippen molar-refractivity contribution in [2.75, 3.05) is 39.3 Å². The molecule has 4 nitrogen and oxygen atoms in total. The minimum Gasteiger partial charge on any atom is -0.339 e. The number of rotatable bonds is 6. The number of amides is 1. The smallest absolute Gasteiger partial charge is 0.226 e. The van der Waals surface area contributed by atoms with Crippen molar-refractivity contribution in [2.45, 2.75) is 76.3 Å². The molecule has 2 atom stereocenters. The van der Waals surface area contributed by atoms with Crippen LogP contribution in [0.4, 0.5) is 0 Å². The lowest BCUT2D eigenvalue weighted by atomic mass is 9.90. The van der Waals surface area contributed by atoms with Gasteiger partial charge in [0, 0.05) is 24.5 Å². The molecule has 1 amide bonds. The average Bonchev–Trinajstić information content (AvgIpc) is 3.13. The van der Waals surface area contributed by atoms with Crippen LogP contribution in [0.25, 0.3) is 0 Å². The predicted molar refractivity (Wildman–Crippen MR) is 126 cm³/mol. The SMILES string of the molecule is O=C(C1CCN(C2CCN(CCCc3ccccc3)CC2)CC1)N1C[C@@H]2CCC[C@H]1C2. The number of aryl methyl sites for hydroxylation is 1. The molecule has 170 valence electrons.